The number of amides is 1. The van der Waals surface area contributed by atoms with Crippen molar-refractivity contribution in [3.63, 3.8) is 0 Å². The molecule has 0 radical (unpaired) electrons. The molecule has 7 nitrogen and oxygen atoms in total. The third kappa shape index (κ3) is 3.49. The Labute approximate surface area is 135 Å². The molecule has 0 saturated carbocycles. The Morgan fingerprint density at radius 1 is 1.13 bits per heavy atom. The third-order valence-corrected chi connectivity index (χ3v) is 4.03. The molecule has 0 bridgehead atoms. The predicted molar refractivity (Wildman–Crippen MR) is 87.4 cm³/mol. The predicted octanol–water partition coefficient (Wildman–Crippen LogP) is 1.61. The lowest BCUT2D eigenvalue weighted by Crippen LogP contribution is -2.35. The van der Waals surface area contributed by atoms with Gasteiger partial charge in [0.1, 0.15) is 5.82 Å². The first-order valence-electron chi connectivity index (χ1n) is 7.99. The highest BCUT2D eigenvalue weighted by Gasteiger charge is 2.22. The van der Waals surface area contributed by atoms with E-state index in [0.717, 1.165) is 31.9 Å². The SMILES string of the molecule is CC(C)n1cc(C(=O)N2CCCN(c3cnccn3)CC2)cn1. The smallest absolute Gasteiger partial charge is 0.257 e. The van der Waals surface area contributed by atoms with Crippen LogP contribution in [0.4, 0.5) is 5.82 Å². The van der Waals surface area contributed by atoms with Gasteiger partial charge in [-0.3, -0.25) is 14.5 Å². The highest BCUT2D eigenvalue weighted by Crippen LogP contribution is 2.14. The van der Waals surface area contributed by atoms with Crippen LogP contribution in [0.25, 0.3) is 0 Å². The van der Waals surface area contributed by atoms with Gasteiger partial charge in [-0.2, -0.15) is 5.10 Å². The molecule has 0 aromatic carbocycles. The van der Waals surface area contributed by atoms with Gasteiger partial charge < -0.3 is 9.80 Å². The van der Waals surface area contributed by atoms with Crippen molar-refractivity contribution < 1.29 is 4.79 Å². The summed E-state index contributed by atoms with van der Waals surface area (Å²) < 4.78 is 1.82. The first kappa shape index (κ1) is 15.5. The zero-order valence-electron chi connectivity index (χ0n) is 13.6. The first-order valence-corrected chi connectivity index (χ1v) is 7.99. The molecule has 1 amide bonds. The van der Waals surface area contributed by atoms with E-state index in [1.54, 1.807) is 24.8 Å². The van der Waals surface area contributed by atoms with Gasteiger partial charge >= 0.3 is 0 Å². The Kier molecular flexibility index (Phi) is 4.55. The molecule has 0 N–H and O–H groups in total. The molecule has 3 heterocycles. The van der Waals surface area contributed by atoms with Gasteiger partial charge in [0.15, 0.2) is 0 Å². The summed E-state index contributed by atoms with van der Waals surface area (Å²) in [5.74, 6) is 0.923. The van der Waals surface area contributed by atoms with E-state index in [1.165, 1.54) is 0 Å². The zero-order chi connectivity index (χ0) is 16.2. The van der Waals surface area contributed by atoms with Crippen LogP contribution in [0.15, 0.2) is 31.0 Å². The van der Waals surface area contributed by atoms with Crippen molar-refractivity contribution >= 4 is 11.7 Å². The van der Waals surface area contributed by atoms with Crippen LogP contribution >= 0.6 is 0 Å². The van der Waals surface area contributed by atoms with E-state index in [1.807, 2.05) is 29.6 Å². The summed E-state index contributed by atoms with van der Waals surface area (Å²) >= 11 is 0. The van der Waals surface area contributed by atoms with E-state index < -0.39 is 0 Å². The lowest BCUT2D eigenvalue weighted by molar-refractivity contribution is 0.0767. The topological polar surface area (TPSA) is 67.2 Å². The van der Waals surface area contributed by atoms with Crippen LogP contribution in [0.2, 0.25) is 0 Å². The van der Waals surface area contributed by atoms with Gasteiger partial charge in [-0.05, 0) is 20.3 Å². The minimum Gasteiger partial charge on any atom is -0.354 e. The molecule has 2 aromatic heterocycles. The number of hydrogen-bond acceptors (Lipinski definition) is 5. The van der Waals surface area contributed by atoms with E-state index in [4.69, 9.17) is 0 Å². The van der Waals surface area contributed by atoms with Crippen molar-refractivity contribution in [1.29, 1.82) is 0 Å². The fourth-order valence-corrected chi connectivity index (χ4v) is 2.72. The molecule has 1 aliphatic rings. The highest BCUT2D eigenvalue weighted by atomic mass is 16.2. The first-order chi connectivity index (χ1) is 11.1. The molecule has 23 heavy (non-hydrogen) atoms. The molecule has 1 fully saturated rings. The number of carbonyl (C=O) groups excluding carboxylic acids is 1. The maximum atomic E-state index is 12.7. The summed E-state index contributed by atoms with van der Waals surface area (Å²) in [6.45, 7) is 7.18. The summed E-state index contributed by atoms with van der Waals surface area (Å²) in [5, 5.41) is 4.26. The molecule has 0 atom stereocenters. The van der Waals surface area contributed by atoms with Gasteiger partial charge in [0.05, 0.1) is 18.0 Å². The van der Waals surface area contributed by atoms with Crippen LogP contribution in [-0.4, -0.2) is 56.7 Å². The Morgan fingerprint density at radius 3 is 2.70 bits per heavy atom. The second kappa shape index (κ2) is 6.76. The molecule has 0 spiro atoms. The summed E-state index contributed by atoms with van der Waals surface area (Å²) in [6, 6.07) is 0.257. The van der Waals surface area contributed by atoms with Crippen LogP contribution in [0, 0.1) is 0 Å². The Balaban J connectivity index is 1.66. The van der Waals surface area contributed by atoms with Crippen molar-refractivity contribution in [2.75, 3.05) is 31.1 Å². The second-order valence-corrected chi connectivity index (χ2v) is 6.00. The van der Waals surface area contributed by atoms with Gasteiger partial charge in [0.2, 0.25) is 0 Å². The van der Waals surface area contributed by atoms with E-state index in [0.29, 0.717) is 12.1 Å². The van der Waals surface area contributed by atoms with E-state index in [2.05, 4.69) is 20.0 Å². The average molecular weight is 314 g/mol. The van der Waals surface area contributed by atoms with Crippen LogP contribution in [-0.2, 0) is 0 Å². The summed E-state index contributed by atoms with van der Waals surface area (Å²) in [7, 11) is 0. The van der Waals surface area contributed by atoms with Gasteiger partial charge in [-0.15, -0.1) is 0 Å². The van der Waals surface area contributed by atoms with Gasteiger partial charge in [0, 0.05) is 50.8 Å². The zero-order valence-corrected chi connectivity index (χ0v) is 13.6. The fraction of sp³-hybridized carbons (Fsp3) is 0.500. The van der Waals surface area contributed by atoms with Gasteiger partial charge in [-0.25, -0.2) is 4.98 Å². The average Bonchev–Trinajstić information content (AvgIpc) is 2.94. The Morgan fingerprint density at radius 2 is 2.00 bits per heavy atom. The lowest BCUT2D eigenvalue weighted by atomic mass is 10.3. The Bertz CT molecular complexity index is 654. The summed E-state index contributed by atoms with van der Waals surface area (Å²) in [4.78, 5) is 25.2. The number of rotatable bonds is 3. The quantitative estimate of drug-likeness (QED) is 0.861. The molecule has 7 heteroatoms. The number of anilines is 1. The number of nitrogens with zero attached hydrogens (tertiary/aromatic N) is 6. The van der Waals surface area contributed by atoms with Gasteiger partial charge in [-0.1, -0.05) is 0 Å². The largest absolute Gasteiger partial charge is 0.354 e. The lowest BCUT2D eigenvalue weighted by Gasteiger charge is -2.22. The van der Waals surface area contributed by atoms with Crippen molar-refractivity contribution in [3.8, 4) is 0 Å². The molecule has 122 valence electrons. The molecule has 1 saturated heterocycles. The molecule has 1 aliphatic heterocycles. The second-order valence-electron chi connectivity index (χ2n) is 6.00. The van der Waals surface area contributed by atoms with E-state index in [-0.39, 0.29) is 11.9 Å². The molecule has 3 rings (SSSR count). The minimum atomic E-state index is 0.0536. The van der Waals surface area contributed by atoms with Crippen molar-refractivity contribution in [2.45, 2.75) is 26.3 Å². The summed E-state index contributed by atoms with van der Waals surface area (Å²) in [6.07, 6.45) is 9.55. The minimum absolute atomic E-state index is 0.0536. The van der Waals surface area contributed by atoms with E-state index in [9.17, 15) is 4.79 Å². The van der Waals surface area contributed by atoms with Gasteiger partial charge in [0.25, 0.3) is 5.91 Å². The van der Waals surface area contributed by atoms with E-state index >= 15 is 0 Å². The van der Waals surface area contributed by atoms with Crippen LogP contribution in [0.3, 0.4) is 0 Å². The fourth-order valence-electron chi connectivity index (χ4n) is 2.72. The van der Waals surface area contributed by atoms with Crippen LogP contribution in [0.1, 0.15) is 36.7 Å². The standard InChI is InChI=1S/C16H22N6O/c1-13(2)22-12-14(10-19-22)16(23)21-7-3-6-20(8-9-21)15-11-17-4-5-18-15/h4-5,10-13H,3,6-9H2,1-2H3. The number of hydrogen-bond donors (Lipinski definition) is 0. The van der Waals surface area contributed by atoms with Crippen LogP contribution in [0.5, 0.6) is 0 Å². The molecular weight excluding hydrogens is 292 g/mol. The molecule has 2 aromatic rings. The highest BCUT2D eigenvalue weighted by molar-refractivity contribution is 5.93. The van der Waals surface area contributed by atoms with Crippen LogP contribution < -0.4 is 4.90 Å². The maximum absolute atomic E-state index is 12.7. The molecule has 0 unspecified atom stereocenters. The molecular formula is C16H22N6O. The van der Waals surface area contributed by atoms with Crippen molar-refractivity contribution in [3.05, 3.63) is 36.5 Å². The number of carbonyl (C=O) groups is 1. The third-order valence-electron chi connectivity index (χ3n) is 4.03. The summed E-state index contributed by atoms with van der Waals surface area (Å²) in [5.41, 5.74) is 0.659. The maximum Gasteiger partial charge on any atom is 0.257 e. The van der Waals surface area contributed by atoms with Crippen molar-refractivity contribution in [2.24, 2.45) is 0 Å². The Hall–Kier alpha value is -2.44. The van der Waals surface area contributed by atoms with Crippen molar-refractivity contribution in [1.82, 2.24) is 24.6 Å². The monoisotopic (exact) mass is 314 g/mol. The number of aromatic nitrogens is 4. The normalized spacial score (nSPS) is 15.8. The molecule has 0 aliphatic carbocycles.